The lowest BCUT2D eigenvalue weighted by atomic mass is 9.70. The number of nitrogens with one attached hydrogen (secondary N) is 1. The first-order chi connectivity index (χ1) is 12.6. The van der Waals surface area contributed by atoms with E-state index in [0.29, 0.717) is 23.7 Å². The van der Waals surface area contributed by atoms with Crippen molar-refractivity contribution in [3.63, 3.8) is 0 Å². The van der Waals surface area contributed by atoms with Gasteiger partial charge in [-0.3, -0.25) is 0 Å². The van der Waals surface area contributed by atoms with E-state index in [-0.39, 0.29) is 5.41 Å². The van der Waals surface area contributed by atoms with Crippen molar-refractivity contribution < 1.29 is 4.42 Å². The third kappa shape index (κ3) is 6.42. The molecule has 0 aromatic carbocycles. The molecule has 0 saturated carbocycles. The molecule has 1 heterocycles. The molecule has 27 heavy (non-hydrogen) atoms. The zero-order valence-corrected chi connectivity index (χ0v) is 18.7. The molecular weight excluding hydrogens is 336 g/mol. The minimum atomic E-state index is -0.0908. The molecule has 2 rings (SSSR count). The van der Waals surface area contributed by atoms with Crippen LogP contribution < -0.4 is 5.32 Å². The number of rotatable bonds is 8. The molecule has 5 heteroatoms. The van der Waals surface area contributed by atoms with Gasteiger partial charge in [0.05, 0.1) is 0 Å². The number of nitrogens with zero attached hydrogens (tertiary/aromatic N) is 3. The highest BCUT2D eigenvalue weighted by Gasteiger charge is 2.32. The summed E-state index contributed by atoms with van der Waals surface area (Å²) in [6.45, 7) is 16.5. The number of likely N-dealkylation sites (N-methyl/N-ethyl adjacent to an activating group) is 1. The van der Waals surface area contributed by atoms with Crippen LogP contribution in [0.1, 0.15) is 59.7 Å². The molecule has 0 aliphatic heterocycles. The Morgan fingerprint density at radius 3 is 2.52 bits per heavy atom. The van der Waals surface area contributed by atoms with E-state index in [1.165, 1.54) is 12.0 Å². The first-order valence-corrected chi connectivity index (χ1v) is 10.4. The quantitative estimate of drug-likeness (QED) is 0.550. The molecule has 154 valence electrons. The van der Waals surface area contributed by atoms with Crippen LogP contribution in [-0.2, 0) is 11.8 Å². The summed E-state index contributed by atoms with van der Waals surface area (Å²) in [7, 11) is 4.24. The summed E-state index contributed by atoms with van der Waals surface area (Å²) in [6, 6.07) is 0. The highest BCUT2D eigenvalue weighted by molar-refractivity contribution is 5.14. The van der Waals surface area contributed by atoms with E-state index in [1.54, 1.807) is 0 Å². The van der Waals surface area contributed by atoms with Gasteiger partial charge in [0.2, 0.25) is 11.8 Å². The van der Waals surface area contributed by atoms with E-state index >= 15 is 0 Å². The van der Waals surface area contributed by atoms with E-state index < -0.39 is 0 Å². The molecule has 0 amide bonds. The summed E-state index contributed by atoms with van der Waals surface area (Å²) < 4.78 is 5.96. The van der Waals surface area contributed by atoms with Crippen LogP contribution in [0.2, 0.25) is 0 Å². The summed E-state index contributed by atoms with van der Waals surface area (Å²) >= 11 is 0. The minimum absolute atomic E-state index is 0.0908. The van der Waals surface area contributed by atoms with Gasteiger partial charge in [-0.25, -0.2) is 0 Å². The third-order valence-electron chi connectivity index (χ3n) is 5.73. The molecule has 1 aromatic rings. The van der Waals surface area contributed by atoms with Gasteiger partial charge in [-0.1, -0.05) is 46.3 Å². The van der Waals surface area contributed by atoms with Gasteiger partial charge in [-0.15, -0.1) is 10.2 Å². The van der Waals surface area contributed by atoms with Crippen LogP contribution in [0, 0.1) is 23.7 Å². The molecule has 0 fully saturated rings. The van der Waals surface area contributed by atoms with Crippen LogP contribution in [0.4, 0.5) is 0 Å². The van der Waals surface area contributed by atoms with Crippen molar-refractivity contribution >= 4 is 0 Å². The molecular formula is C22H40N4O. The Balaban J connectivity index is 2.02. The fourth-order valence-corrected chi connectivity index (χ4v) is 3.93. The molecule has 0 radical (unpaired) electrons. The molecule has 5 nitrogen and oxygen atoms in total. The zero-order valence-electron chi connectivity index (χ0n) is 18.7. The molecule has 1 aliphatic rings. The molecule has 0 bridgehead atoms. The SMILES string of the molecule is CC1=C[C@@H](CNCCN(C)C)[C@H](C(C)C)C[C@H]1Cc1nnc(C(C)(C)C)o1. The fraction of sp³-hybridized carbons (Fsp3) is 0.818. The minimum Gasteiger partial charge on any atom is -0.425 e. The second kappa shape index (κ2) is 9.33. The van der Waals surface area contributed by atoms with Crippen molar-refractivity contribution in [2.45, 2.75) is 59.8 Å². The highest BCUT2D eigenvalue weighted by atomic mass is 16.4. The number of hydrogen-bond acceptors (Lipinski definition) is 5. The predicted molar refractivity (Wildman–Crippen MR) is 112 cm³/mol. The molecule has 1 aliphatic carbocycles. The highest BCUT2D eigenvalue weighted by Crippen LogP contribution is 2.38. The lowest BCUT2D eigenvalue weighted by Gasteiger charge is -2.37. The smallest absolute Gasteiger partial charge is 0.221 e. The lowest BCUT2D eigenvalue weighted by molar-refractivity contribution is 0.216. The summed E-state index contributed by atoms with van der Waals surface area (Å²) in [4.78, 5) is 2.22. The summed E-state index contributed by atoms with van der Waals surface area (Å²) in [5, 5.41) is 12.2. The topological polar surface area (TPSA) is 54.2 Å². The maximum Gasteiger partial charge on any atom is 0.221 e. The van der Waals surface area contributed by atoms with Gasteiger partial charge in [0.15, 0.2) is 0 Å². The third-order valence-corrected chi connectivity index (χ3v) is 5.73. The van der Waals surface area contributed by atoms with Crippen LogP contribution in [0.5, 0.6) is 0 Å². The maximum atomic E-state index is 5.96. The largest absolute Gasteiger partial charge is 0.425 e. The van der Waals surface area contributed by atoms with Gasteiger partial charge in [-0.05, 0) is 51.1 Å². The Morgan fingerprint density at radius 1 is 1.26 bits per heavy atom. The summed E-state index contributed by atoms with van der Waals surface area (Å²) in [5.74, 6) is 3.99. The zero-order chi connectivity index (χ0) is 20.2. The van der Waals surface area contributed by atoms with Crippen LogP contribution >= 0.6 is 0 Å². The second-order valence-electron chi connectivity index (χ2n) is 9.88. The van der Waals surface area contributed by atoms with Crippen LogP contribution in [-0.4, -0.2) is 48.8 Å². The van der Waals surface area contributed by atoms with Gasteiger partial charge in [0.1, 0.15) is 0 Å². The molecule has 3 atom stereocenters. The van der Waals surface area contributed by atoms with Crippen molar-refractivity contribution in [1.29, 1.82) is 0 Å². The van der Waals surface area contributed by atoms with Crippen molar-refractivity contribution in [2.24, 2.45) is 23.7 Å². The van der Waals surface area contributed by atoms with Crippen LogP contribution in [0.15, 0.2) is 16.1 Å². The van der Waals surface area contributed by atoms with E-state index in [1.807, 2.05) is 0 Å². The second-order valence-corrected chi connectivity index (χ2v) is 9.88. The Labute approximate surface area is 166 Å². The van der Waals surface area contributed by atoms with E-state index in [9.17, 15) is 0 Å². The van der Waals surface area contributed by atoms with Crippen LogP contribution in [0.3, 0.4) is 0 Å². The number of hydrogen-bond donors (Lipinski definition) is 1. The van der Waals surface area contributed by atoms with Gasteiger partial charge in [0, 0.05) is 31.5 Å². The Bertz CT molecular complexity index is 612. The molecule has 0 spiro atoms. The summed E-state index contributed by atoms with van der Waals surface area (Å²) in [5.41, 5.74) is 1.38. The van der Waals surface area contributed by atoms with E-state index in [0.717, 1.165) is 37.8 Å². The summed E-state index contributed by atoms with van der Waals surface area (Å²) in [6.07, 6.45) is 4.56. The molecule has 1 aromatic heterocycles. The van der Waals surface area contributed by atoms with Crippen molar-refractivity contribution in [2.75, 3.05) is 33.7 Å². The van der Waals surface area contributed by atoms with Gasteiger partial charge < -0.3 is 14.6 Å². The predicted octanol–water partition coefficient (Wildman–Crippen LogP) is 3.92. The van der Waals surface area contributed by atoms with Gasteiger partial charge in [0.25, 0.3) is 0 Å². The van der Waals surface area contributed by atoms with Crippen molar-refractivity contribution in [3.05, 3.63) is 23.4 Å². The number of aromatic nitrogens is 2. The fourth-order valence-electron chi connectivity index (χ4n) is 3.93. The van der Waals surface area contributed by atoms with E-state index in [2.05, 4.69) is 82.1 Å². The normalized spacial score (nSPS) is 23.9. The Kier molecular flexibility index (Phi) is 7.64. The maximum absolute atomic E-state index is 5.96. The van der Waals surface area contributed by atoms with Crippen molar-refractivity contribution in [1.82, 2.24) is 20.4 Å². The average molecular weight is 377 g/mol. The lowest BCUT2D eigenvalue weighted by Crippen LogP contribution is -2.37. The van der Waals surface area contributed by atoms with E-state index in [4.69, 9.17) is 4.42 Å². The molecule has 0 unspecified atom stereocenters. The van der Waals surface area contributed by atoms with Crippen LogP contribution in [0.25, 0.3) is 0 Å². The Morgan fingerprint density at radius 2 is 1.96 bits per heavy atom. The first-order valence-electron chi connectivity index (χ1n) is 10.4. The van der Waals surface area contributed by atoms with Gasteiger partial charge in [-0.2, -0.15) is 0 Å². The molecule has 1 N–H and O–H groups in total. The standard InChI is InChI=1S/C22H40N4O/c1-15(2)19-12-17(13-20-24-25-21(27-20)22(4,5)6)16(3)11-18(19)14-23-9-10-26(7)8/h11,15,17-19,23H,9-10,12-14H2,1-8H3/t17-,18-,19-/m0/s1. The first kappa shape index (κ1) is 22.1. The monoisotopic (exact) mass is 376 g/mol. The number of allylic oxidation sites excluding steroid dienone is 1. The molecule has 0 saturated heterocycles. The van der Waals surface area contributed by atoms with Gasteiger partial charge >= 0.3 is 0 Å². The van der Waals surface area contributed by atoms with Crippen molar-refractivity contribution in [3.8, 4) is 0 Å². The average Bonchev–Trinajstić information content (AvgIpc) is 3.02. The Hall–Kier alpha value is -1.20.